The van der Waals surface area contributed by atoms with Crippen LogP contribution >= 0.6 is 0 Å². The minimum Gasteiger partial charge on any atom is -0.497 e. The van der Waals surface area contributed by atoms with Crippen LogP contribution in [0.2, 0.25) is 0 Å². The van der Waals surface area contributed by atoms with Gasteiger partial charge in [0.15, 0.2) is 0 Å². The van der Waals surface area contributed by atoms with E-state index in [2.05, 4.69) is 4.98 Å². The lowest BCUT2D eigenvalue weighted by Gasteiger charge is -2.20. The summed E-state index contributed by atoms with van der Waals surface area (Å²) in [5.41, 5.74) is 1.09. The largest absolute Gasteiger partial charge is 0.497 e. The maximum atomic E-state index is 12.5. The fraction of sp³-hybridized carbons (Fsp3) is 0.389. The highest BCUT2D eigenvalue weighted by molar-refractivity contribution is 7.89. The third-order valence-electron chi connectivity index (χ3n) is 4.37. The Labute approximate surface area is 149 Å². The predicted octanol–water partition coefficient (Wildman–Crippen LogP) is 2.51. The molecule has 1 aliphatic heterocycles. The number of pyridine rings is 1. The molecule has 1 aromatic carbocycles. The number of ether oxygens (including phenoxy) is 1. The van der Waals surface area contributed by atoms with E-state index in [-0.39, 0.29) is 4.90 Å². The molecule has 0 N–H and O–H groups in total. The van der Waals surface area contributed by atoms with Crippen molar-refractivity contribution < 1.29 is 13.2 Å². The molecule has 6 nitrogen and oxygen atoms in total. The van der Waals surface area contributed by atoms with Gasteiger partial charge in [0.25, 0.3) is 0 Å². The molecule has 0 bridgehead atoms. The Morgan fingerprint density at radius 2 is 1.96 bits per heavy atom. The van der Waals surface area contributed by atoms with Gasteiger partial charge in [0.1, 0.15) is 16.5 Å². The fourth-order valence-electron chi connectivity index (χ4n) is 2.95. The molecule has 25 heavy (non-hydrogen) atoms. The molecule has 0 radical (unpaired) electrons. The zero-order valence-corrected chi connectivity index (χ0v) is 15.4. The van der Waals surface area contributed by atoms with Gasteiger partial charge in [0, 0.05) is 32.9 Å². The number of nitrogens with zero attached hydrogens (tertiary/aromatic N) is 3. The molecule has 2 heterocycles. The molecule has 3 rings (SSSR count). The SMILES string of the molecule is COc1cccc(CN(C)c2ccc(S(=O)(=O)N3CCCC3)cn2)c1. The Bertz CT molecular complexity index is 816. The van der Waals surface area contributed by atoms with Crippen molar-refractivity contribution in [3.05, 3.63) is 48.2 Å². The van der Waals surface area contributed by atoms with E-state index in [4.69, 9.17) is 4.74 Å². The summed E-state index contributed by atoms with van der Waals surface area (Å²) in [4.78, 5) is 6.57. The van der Waals surface area contributed by atoms with E-state index in [0.717, 1.165) is 30.0 Å². The Morgan fingerprint density at radius 1 is 1.20 bits per heavy atom. The Kier molecular flexibility index (Phi) is 5.24. The van der Waals surface area contributed by atoms with Crippen molar-refractivity contribution in [2.24, 2.45) is 0 Å². The third-order valence-corrected chi connectivity index (χ3v) is 6.25. The Morgan fingerprint density at radius 3 is 2.60 bits per heavy atom. The summed E-state index contributed by atoms with van der Waals surface area (Å²) >= 11 is 0. The van der Waals surface area contributed by atoms with E-state index in [0.29, 0.717) is 19.6 Å². The number of hydrogen-bond donors (Lipinski definition) is 0. The molecule has 2 aromatic rings. The van der Waals surface area contributed by atoms with Crippen LogP contribution in [-0.4, -0.2) is 45.0 Å². The van der Waals surface area contributed by atoms with Crippen LogP contribution in [0.5, 0.6) is 5.75 Å². The van der Waals surface area contributed by atoms with Gasteiger partial charge in [-0.25, -0.2) is 13.4 Å². The van der Waals surface area contributed by atoms with Crippen LogP contribution in [-0.2, 0) is 16.6 Å². The van der Waals surface area contributed by atoms with Gasteiger partial charge in [-0.2, -0.15) is 4.31 Å². The van der Waals surface area contributed by atoms with Gasteiger partial charge in [0.05, 0.1) is 7.11 Å². The van der Waals surface area contributed by atoms with Crippen LogP contribution < -0.4 is 9.64 Å². The minimum absolute atomic E-state index is 0.257. The number of benzene rings is 1. The van der Waals surface area contributed by atoms with Crippen molar-refractivity contribution in [2.75, 3.05) is 32.1 Å². The number of aromatic nitrogens is 1. The lowest BCUT2D eigenvalue weighted by Crippen LogP contribution is -2.28. The van der Waals surface area contributed by atoms with Gasteiger partial charge >= 0.3 is 0 Å². The maximum Gasteiger partial charge on any atom is 0.244 e. The van der Waals surface area contributed by atoms with Gasteiger partial charge < -0.3 is 9.64 Å². The molecule has 1 saturated heterocycles. The van der Waals surface area contributed by atoms with Crippen LogP contribution in [0.25, 0.3) is 0 Å². The first-order chi connectivity index (χ1) is 12.0. The van der Waals surface area contributed by atoms with Gasteiger partial charge in [0.2, 0.25) is 10.0 Å². The highest BCUT2D eigenvalue weighted by atomic mass is 32.2. The third kappa shape index (κ3) is 3.93. The van der Waals surface area contributed by atoms with Gasteiger partial charge in [-0.05, 0) is 42.7 Å². The second-order valence-electron chi connectivity index (χ2n) is 6.17. The monoisotopic (exact) mass is 361 g/mol. The molecule has 0 atom stereocenters. The molecular weight excluding hydrogens is 338 g/mol. The van der Waals surface area contributed by atoms with E-state index < -0.39 is 10.0 Å². The lowest BCUT2D eigenvalue weighted by atomic mass is 10.2. The number of anilines is 1. The number of rotatable bonds is 6. The molecule has 134 valence electrons. The zero-order valence-electron chi connectivity index (χ0n) is 14.6. The number of hydrogen-bond acceptors (Lipinski definition) is 5. The van der Waals surface area contributed by atoms with Gasteiger partial charge in [-0.3, -0.25) is 0 Å². The van der Waals surface area contributed by atoms with E-state index in [1.807, 2.05) is 36.2 Å². The molecule has 0 spiro atoms. The fourth-order valence-corrected chi connectivity index (χ4v) is 4.42. The summed E-state index contributed by atoms with van der Waals surface area (Å²) in [7, 11) is 0.157. The van der Waals surface area contributed by atoms with E-state index in [1.54, 1.807) is 19.2 Å². The number of methoxy groups -OCH3 is 1. The summed E-state index contributed by atoms with van der Waals surface area (Å²) in [6, 6.07) is 11.2. The van der Waals surface area contributed by atoms with Crippen LogP contribution in [0.3, 0.4) is 0 Å². The zero-order chi connectivity index (χ0) is 17.9. The standard InChI is InChI=1S/C18H23N3O3S/c1-20(14-15-6-5-7-16(12-15)24-2)18-9-8-17(13-19-18)25(22,23)21-10-3-4-11-21/h5-9,12-13H,3-4,10-11,14H2,1-2H3. The highest BCUT2D eigenvalue weighted by Crippen LogP contribution is 2.22. The molecule has 0 unspecified atom stereocenters. The summed E-state index contributed by atoms with van der Waals surface area (Å²) in [6.07, 6.45) is 3.30. The summed E-state index contributed by atoms with van der Waals surface area (Å²) in [6.45, 7) is 1.85. The van der Waals surface area contributed by atoms with Crippen LogP contribution in [0.4, 0.5) is 5.82 Å². The summed E-state index contributed by atoms with van der Waals surface area (Å²) < 4.78 is 31.8. The molecule has 7 heteroatoms. The molecular formula is C18H23N3O3S. The molecule has 0 aliphatic carbocycles. The average Bonchev–Trinajstić information content (AvgIpc) is 3.17. The molecule has 1 fully saturated rings. The summed E-state index contributed by atoms with van der Waals surface area (Å²) in [5.74, 6) is 1.54. The molecule has 0 saturated carbocycles. The van der Waals surface area contributed by atoms with Crippen LogP contribution in [0.15, 0.2) is 47.5 Å². The lowest BCUT2D eigenvalue weighted by molar-refractivity contribution is 0.414. The van der Waals surface area contributed by atoms with Gasteiger partial charge in [-0.1, -0.05) is 12.1 Å². The molecule has 1 aromatic heterocycles. The van der Waals surface area contributed by atoms with E-state index >= 15 is 0 Å². The maximum absolute atomic E-state index is 12.5. The normalized spacial score (nSPS) is 15.3. The second kappa shape index (κ2) is 7.41. The van der Waals surface area contributed by atoms with Crippen molar-refractivity contribution in [2.45, 2.75) is 24.3 Å². The Hall–Kier alpha value is -2.12. The van der Waals surface area contributed by atoms with Crippen molar-refractivity contribution in [1.29, 1.82) is 0 Å². The first-order valence-corrected chi connectivity index (χ1v) is 9.75. The number of sulfonamides is 1. The van der Waals surface area contributed by atoms with Crippen LogP contribution in [0, 0.1) is 0 Å². The smallest absolute Gasteiger partial charge is 0.244 e. The predicted molar refractivity (Wildman–Crippen MR) is 97.3 cm³/mol. The quantitative estimate of drug-likeness (QED) is 0.791. The minimum atomic E-state index is -3.41. The topological polar surface area (TPSA) is 62.7 Å². The first-order valence-electron chi connectivity index (χ1n) is 8.31. The van der Waals surface area contributed by atoms with E-state index in [1.165, 1.54) is 10.5 Å². The van der Waals surface area contributed by atoms with Crippen LogP contribution in [0.1, 0.15) is 18.4 Å². The van der Waals surface area contributed by atoms with E-state index in [9.17, 15) is 8.42 Å². The molecule has 1 aliphatic rings. The highest BCUT2D eigenvalue weighted by Gasteiger charge is 2.27. The van der Waals surface area contributed by atoms with Crippen molar-refractivity contribution in [3.63, 3.8) is 0 Å². The van der Waals surface area contributed by atoms with Crippen molar-refractivity contribution in [1.82, 2.24) is 9.29 Å². The second-order valence-corrected chi connectivity index (χ2v) is 8.11. The van der Waals surface area contributed by atoms with Gasteiger partial charge in [-0.15, -0.1) is 0 Å². The summed E-state index contributed by atoms with van der Waals surface area (Å²) in [5, 5.41) is 0. The van der Waals surface area contributed by atoms with Crippen molar-refractivity contribution in [3.8, 4) is 5.75 Å². The average molecular weight is 361 g/mol. The molecule has 0 amide bonds. The Balaban J connectivity index is 1.73. The van der Waals surface area contributed by atoms with Crippen molar-refractivity contribution >= 4 is 15.8 Å². The first kappa shape index (κ1) is 17.7.